The molecule has 0 saturated carbocycles. The lowest BCUT2D eigenvalue weighted by molar-refractivity contribution is 0.174. The number of benzene rings is 2. The lowest BCUT2D eigenvalue weighted by atomic mass is 10.2. The Morgan fingerprint density at radius 3 is 2.61 bits per heavy atom. The molecule has 0 spiro atoms. The Morgan fingerprint density at radius 2 is 1.78 bits per heavy atom. The van der Waals surface area contributed by atoms with Crippen LogP contribution in [0.1, 0.15) is 0 Å². The van der Waals surface area contributed by atoms with Gasteiger partial charge in [0.25, 0.3) is 0 Å². The Labute approximate surface area is 103 Å². The summed E-state index contributed by atoms with van der Waals surface area (Å²) in [6.45, 7) is 0.285. The van der Waals surface area contributed by atoms with Crippen molar-refractivity contribution < 1.29 is 9.47 Å². The second kappa shape index (κ2) is 3.50. The van der Waals surface area contributed by atoms with Gasteiger partial charge in [0, 0.05) is 17.7 Å². The van der Waals surface area contributed by atoms with E-state index in [1.807, 2.05) is 42.5 Å². The monoisotopic (exact) mass is 238 g/mol. The average Bonchev–Trinajstić information content (AvgIpc) is 3.01. The van der Waals surface area contributed by atoms with E-state index >= 15 is 0 Å². The number of nitrogens with zero attached hydrogens (tertiary/aromatic N) is 1. The van der Waals surface area contributed by atoms with Crippen molar-refractivity contribution in [3.05, 3.63) is 42.5 Å². The molecule has 4 rings (SSSR count). The normalized spacial score (nSPS) is 13.1. The molecule has 0 saturated heterocycles. The zero-order valence-electron chi connectivity index (χ0n) is 9.51. The number of nitrogens with one attached hydrogen (secondary N) is 1. The van der Waals surface area contributed by atoms with Crippen molar-refractivity contribution in [2.45, 2.75) is 0 Å². The molecule has 4 nitrogen and oxygen atoms in total. The highest BCUT2D eigenvalue weighted by Gasteiger charge is 2.16. The molecule has 0 aliphatic carbocycles. The molecular formula is C14H10N2O2. The molecule has 2 heterocycles. The average molecular weight is 238 g/mol. The quantitative estimate of drug-likeness (QED) is 0.709. The minimum atomic E-state index is 0.285. The molecule has 3 aromatic rings. The van der Waals surface area contributed by atoms with Crippen molar-refractivity contribution in [3.63, 3.8) is 0 Å². The number of H-pyrrole nitrogens is 1. The molecule has 2 aromatic carbocycles. The predicted molar refractivity (Wildman–Crippen MR) is 67.7 cm³/mol. The lowest BCUT2D eigenvalue weighted by Crippen LogP contribution is -1.92. The summed E-state index contributed by atoms with van der Waals surface area (Å²) >= 11 is 0. The Hall–Kier alpha value is -2.49. The molecule has 0 radical (unpaired) electrons. The number of aromatic nitrogens is 2. The minimum Gasteiger partial charge on any atom is -0.454 e. The van der Waals surface area contributed by atoms with Gasteiger partial charge < -0.3 is 14.5 Å². The molecule has 18 heavy (non-hydrogen) atoms. The Morgan fingerprint density at radius 1 is 1.00 bits per heavy atom. The van der Waals surface area contributed by atoms with E-state index in [2.05, 4.69) is 9.97 Å². The SMILES string of the molecule is c1ccc(-c2nc3cc4c(cc3[nH]2)OCO4)cc1. The van der Waals surface area contributed by atoms with Crippen LogP contribution in [-0.4, -0.2) is 16.8 Å². The number of imidazole rings is 1. The molecule has 4 heteroatoms. The van der Waals surface area contributed by atoms with E-state index in [1.165, 1.54) is 0 Å². The zero-order valence-corrected chi connectivity index (χ0v) is 9.51. The van der Waals surface area contributed by atoms with E-state index in [0.717, 1.165) is 33.9 Å². The molecule has 1 aromatic heterocycles. The number of ether oxygens (including phenoxy) is 2. The fourth-order valence-corrected chi connectivity index (χ4v) is 2.13. The van der Waals surface area contributed by atoms with Crippen molar-refractivity contribution >= 4 is 11.0 Å². The third kappa shape index (κ3) is 1.35. The predicted octanol–water partition coefficient (Wildman–Crippen LogP) is 2.96. The summed E-state index contributed by atoms with van der Waals surface area (Å²) in [5.41, 5.74) is 2.91. The van der Waals surface area contributed by atoms with E-state index in [0.29, 0.717) is 0 Å². The van der Waals surface area contributed by atoms with Crippen LogP contribution < -0.4 is 9.47 Å². The summed E-state index contributed by atoms with van der Waals surface area (Å²) in [4.78, 5) is 7.86. The van der Waals surface area contributed by atoms with E-state index in [9.17, 15) is 0 Å². The van der Waals surface area contributed by atoms with Crippen LogP contribution in [0.4, 0.5) is 0 Å². The molecule has 1 aliphatic heterocycles. The number of aromatic amines is 1. The number of hydrogen-bond acceptors (Lipinski definition) is 3. The van der Waals surface area contributed by atoms with E-state index in [1.54, 1.807) is 0 Å². The van der Waals surface area contributed by atoms with Crippen LogP contribution in [-0.2, 0) is 0 Å². The van der Waals surface area contributed by atoms with Crippen LogP contribution in [0.3, 0.4) is 0 Å². The molecule has 1 N–H and O–H groups in total. The first kappa shape index (κ1) is 9.53. The van der Waals surface area contributed by atoms with E-state index in [4.69, 9.17) is 9.47 Å². The summed E-state index contributed by atoms with van der Waals surface area (Å²) < 4.78 is 10.7. The van der Waals surface area contributed by atoms with Crippen molar-refractivity contribution in [2.75, 3.05) is 6.79 Å². The third-order valence-corrected chi connectivity index (χ3v) is 3.02. The van der Waals surface area contributed by atoms with Crippen molar-refractivity contribution in [2.24, 2.45) is 0 Å². The Bertz CT molecular complexity index is 678. The summed E-state index contributed by atoms with van der Waals surface area (Å²) in [6.07, 6.45) is 0. The van der Waals surface area contributed by atoms with Crippen LogP contribution in [0.5, 0.6) is 11.5 Å². The fraction of sp³-hybridized carbons (Fsp3) is 0.0714. The summed E-state index contributed by atoms with van der Waals surface area (Å²) in [5.74, 6) is 2.38. The standard InChI is InChI=1S/C14H10N2O2/c1-2-4-9(5-3-1)14-15-10-6-12-13(18-8-17-12)7-11(10)16-14/h1-7H,8H2,(H,15,16). The largest absolute Gasteiger partial charge is 0.454 e. The highest BCUT2D eigenvalue weighted by molar-refractivity contribution is 5.83. The maximum Gasteiger partial charge on any atom is 0.231 e. The first-order valence-electron chi connectivity index (χ1n) is 5.75. The minimum absolute atomic E-state index is 0.285. The van der Waals surface area contributed by atoms with Gasteiger partial charge in [-0.15, -0.1) is 0 Å². The van der Waals surface area contributed by atoms with Crippen LogP contribution in [0, 0.1) is 0 Å². The third-order valence-electron chi connectivity index (χ3n) is 3.02. The number of fused-ring (bicyclic) bond motifs is 2. The molecule has 1 aliphatic rings. The van der Waals surface area contributed by atoms with Crippen LogP contribution in [0.15, 0.2) is 42.5 Å². The first-order valence-corrected chi connectivity index (χ1v) is 5.75. The van der Waals surface area contributed by atoms with Crippen LogP contribution in [0.2, 0.25) is 0 Å². The molecule has 0 bridgehead atoms. The summed E-state index contributed by atoms with van der Waals surface area (Å²) in [6, 6.07) is 13.9. The maximum atomic E-state index is 5.35. The second-order valence-corrected chi connectivity index (χ2v) is 4.17. The van der Waals surface area contributed by atoms with Gasteiger partial charge in [0.2, 0.25) is 6.79 Å². The van der Waals surface area contributed by atoms with E-state index in [-0.39, 0.29) is 6.79 Å². The molecule has 0 unspecified atom stereocenters. The smallest absolute Gasteiger partial charge is 0.231 e. The van der Waals surface area contributed by atoms with Crippen molar-refractivity contribution in [3.8, 4) is 22.9 Å². The molecule has 88 valence electrons. The Balaban J connectivity index is 1.90. The highest BCUT2D eigenvalue weighted by Crippen LogP contribution is 2.35. The topological polar surface area (TPSA) is 47.1 Å². The van der Waals surface area contributed by atoms with Gasteiger partial charge >= 0.3 is 0 Å². The molecule has 0 atom stereocenters. The number of hydrogen-bond donors (Lipinski definition) is 1. The lowest BCUT2D eigenvalue weighted by Gasteiger charge is -1.94. The van der Waals surface area contributed by atoms with Gasteiger partial charge in [0.1, 0.15) is 5.82 Å². The summed E-state index contributed by atoms with van der Waals surface area (Å²) in [7, 11) is 0. The van der Waals surface area contributed by atoms with Crippen molar-refractivity contribution in [1.29, 1.82) is 0 Å². The van der Waals surface area contributed by atoms with Gasteiger partial charge in [-0.25, -0.2) is 4.98 Å². The van der Waals surface area contributed by atoms with E-state index < -0.39 is 0 Å². The molecule has 0 fully saturated rings. The van der Waals surface area contributed by atoms with Gasteiger partial charge in [-0.1, -0.05) is 30.3 Å². The second-order valence-electron chi connectivity index (χ2n) is 4.17. The van der Waals surface area contributed by atoms with Crippen LogP contribution >= 0.6 is 0 Å². The highest BCUT2D eigenvalue weighted by atomic mass is 16.7. The maximum absolute atomic E-state index is 5.35. The zero-order chi connectivity index (χ0) is 11.9. The molecule has 0 amide bonds. The first-order chi connectivity index (χ1) is 8.90. The van der Waals surface area contributed by atoms with Gasteiger partial charge in [-0.05, 0) is 0 Å². The summed E-state index contributed by atoms with van der Waals surface area (Å²) in [5, 5.41) is 0. The van der Waals surface area contributed by atoms with Gasteiger partial charge in [0.05, 0.1) is 11.0 Å². The Kier molecular flexibility index (Phi) is 1.85. The molecular weight excluding hydrogens is 228 g/mol. The van der Waals surface area contributed by atoms with Crippen molar-refractivity contribution in [1.82, 2.24) is 9.97 Å². The fourth-order valence-electron chi connectivity index (χ4n) is 2.13. The van der Waals surface area contributed by atoms with Crippen LogP contribution in [0.25, 0.3) is 22.4 Å². The number of rotatable bonds is 1. The van der Waals surface area contributed by atoms with Gasteiger partial charge in [0.15, 0.2) is 11.5 Å². The van der Waals surface area contributed by atoms with Gasteiger partial charge in [-0.2, -0.15) is 0 Å². The van der Waals surface area contributed by atoms with Gasteiger partial charge in [-0.3, -0.25) is 0 Å².